The number of pyridine rings is 1. The SMILES string of the molecule is CC(C)N(Cc1ccccc1)c1ccnc(C(=O)N(C)Cc2ccccc2)c1. The lowest BCUT2D eigenvalue weighted by atomic mass is 10.1. The fourth-order valence-corrected chi connectivity index (χ4v) is 3.19. The molecular formula is C24H27N3O. The van der Waals surface area contributed by atoms with E-state index in [0.717, 1.165) is 17.8 Å². The normalized spacial score (nSPS) is 10.7. The standard InChI is InChI=1S/C24H27N3O/c1-19(2)27(18-21-12-8-5-9-13-21)22-14-15-25-23(16-22)24(28)26(3)17-20-10-6-4-7-11-20/h4-16,19H,17-18H2,1-3H3. The zero-order valence-corrected chi connectivity index (χ0v) is 16.7. The van der Waals surface area contributed by atoms with Crippen molar-refractivity contribution in [2.75, 3.05) is 11.9 Å². The van der Waals surface area contributed by atoms with Crippen LogP contribution in [0.3, 0.4) is 0 Å². The molecule has 0 radical (unpaired) electrons. The molecule has 2 aromatic carbocycles. The third-order valence-electron chi connectivity index (χ3n) is 4.72. The fraction of sp³-hybridized carbons (Fsp3) is 0.250. The summed E-state index contributed by atoms with van der Waals surface area (Å²) in [6.45, 7) is 5.66. The zero-order valence-electron chi connectivity index (χ0n) is 16.7. The van der Waals surface area contributed by atoms with Crippen molar-refractivity contribution in [1.82, 2.24) is 9.88 Å². The summed E-state index contributed by atoms with van der Waals surface area (Å²) >= 11 is 0. The largest absolute Gasteiger partial charge is 0.365 e. The Morgan fingerprint density at radius 1 is 0.893 bits per heavy atom. The Bertz CT molecular complexity index is 894. The van der Waals surface area contributed by atoms with Gasteiger partial charge in [-0.3, -0.25) is 9.78 Å². The lowest BCUT2D eigenvalue weighted by Crippen LogP contribution is -2.31. The lowest BCUT2D eigenvalue weighted by Gasteiger charge is -2.29. The van der Waals surface area contributed by atoms with Crippen LogP contribution in [0.2, 0.25) is 0 Å². The molecule has 0 saturated carbocycles. The van der Waals surface area contributed by atoms with Crippen LogP contribution < -0.4 is 4.90 Å². The van der Waals surface area contributed by atoms with E-state index in [2.05, 4.69) is 35.9 Å². The molecule has 0 fully saturated rings. The molecule has 28 heavy (non-hydrogen) atoms. The van der Waals surface area contributed by atoms with Crippen LogP contribution in [0.15, 0.2) is 79.0 Å². The third kappa shape index (κ3) is 4.97. The van der Waals surface area contributed by atoms with Gasteiger partial charge >= 0.3 is 0 Å². The van der Waals surface area contributed by atoms with Crippen LogP contribution in [-0.4, -0.2) is 28.9 Å². The average molecular weight is 374 g/mol. The quantitative estimate of drug-likeness (QED) is 0.599. The number of amides is 1. The van der Waals surface area contributed by atoms with Gasteiger partial charge in [-0.15, -0.1) is 0 Å². The van der Waals surface area contributed by atoms with E-state index < -0.39 is 0 Å². The van der Waals surface area contributed by atoms with E-state index in [4.69, 9.17) is 0 Å². The molecule has 0 saturated heterocycles. The maximum Gasteiger partial charge on any atom is 0.272 e. The summed E-state index contributed by atoms with van der Waals surface area (Å²) < 4.78 is 0. The second kappa shape index (κ2) is 9.18. The van der Waals surface area contributed by atoms with Gasteiger partial charge in [-0.25, -0.2) is 0 Å². The van der Waals surface area contributed by atoms with Gasteiger partial charge in [0.25, 0.3) is 5.91 Å². The number of benzene rings is 2. The Balaban J connectivity index is 1.78. The van der Waals surface area contributed by atoms with Crippen LogP contribution in [0.25, 0.3) is 0 Å². The topological polar surface area (TPSA) is 36.4 Å². The highest BCUT2D eigenvalue weighted by atomic mass is 16.2. The van der Waals surface area contributed by atoms with Gasteiger partial charge in [0.15, 0.2) is 0 Å². The molecular weight excluding hydrogens is 346 g/mol. The minimum absolute atomic E-state index is 0.0749. The van der Waals surface area contributed by atoms with E-state index in [-0.39, 0.29) is 5.91 Å². The minimum Gasteiger partial charge on any atom is -0.365 e. The highest BCUT2D eigenvalue weighted by Gasteiger charge is 2.17. The van der Waals surface area contributed by atoms with Crippen molar-refractivity contribution in [1.29, 1.82) is 0 Å². The molecule has 0 unspecified atom stereocenters. The van der Waals surface area contributed by atoms with Crippen LogP contribution in [0.5, 0.6) is 0 Å². The molecule has 1 heterocycles. The van der Waals surface area contributed by atoms with E-state index >= 15 is 0 Å². The number of nitrogens with zero attached hydrogens (tertiary/aromatic N) is 3. The molecule has 4 heteroatoms. The molecule has 1 amide bonds. The van der Waals surface area contributed by atoms with Gasteiger partial charge in [0.2, 0.25) is 0 Å². The smallest absolute Gasteiger partial charge is 0.272 e. The molecule has 3 rings (SSSR count). The van der Waals surface area contributed by atoms with E-state index in [1.54, 1.807) is 11.1 Å². The molecule has 144 valence electrons. The van der Waals surface area contributed by atoms with Crippen molar-refractivity contribution in [3.8, 4) is 0 Å². The van der Waals surface area contributed by atoms with E-state index in [1.165, 1.54) is 5.56 Å². The highest BCUT2D eigenvalue weighted by Crippen LogP contribution is 2.21. The Morgan fingerprint density at radius 2 is 1.46 bits per heavy atom. The second-order valence-corrected chi connectivity index (χ2v) is 7.25. The minimum atomic E-state index is -0.0749. The Hall–Kier alpha value is -3.14. The molecule has 0 aliphatic heterocycles. The van der Waals surface area contributed by atoms with Crippen LogP contribution in [0, 0.1) is 0 Å². The van der Waals surface area contributed by atoms with Gasteiger partial charge in [0.1, 0.15) is 5.69 Å². The predicted molar refractivity (Wildman–Crippen MR) is 114 cm³/mol. The number of rotatable bonds is 7. The molecule has 4 nitrogen and oxygen atoms in total. The molecule has 0 spiro atoms. The molecule has 0 aliphatic carbocycles. The Labute approximate surface area is 167 Å². The van der Waals surface area contributed by atoms with Crippen LogP contribution in [-0.2, 0) is 13.1 Å². The molecule has 0 bridgehead atoms. The fourth-order valence-electron chi connectivity index (χ4n) is 3.19. The summed E-state index contributed by atoms with van der Waals surface area (Å²) in [5.41, 5.74) is 3.81. The van der Waals surface area contributed by atoms with E-state index in [9.17, 15) is 4.79 Å². The van der Waals surface area contributed by atoms with Crippen LogP contribution in [0.4, 0.5) is 5.69 Å². The molecule has 0 aliphatic rings. The summed E-state index contributed by atoms with van der Waals surface area (Å²) in [6, 6.07) is 24.5. The molecule has 1 aromatic heterocycles. The average Bonchev–Trinajstić information content (AvgIpc) is 2.73. The summed E-state index contributed by atoms with van der Waals surface area (Å²) in [5, 5.41) is 0. The summed E-state index contributed by atoms with van der Waals surface area (Å²) in [4.78, 5) is 21.2. The summed E-state index contributed by atoms with van der Waals surface area (Å²) in [7, 11) is 1.81. The number of carbonyl (C=O) groups excluding carboxylic acids is 1. The number of hydrogen-bond acceptors (Lipinski definition) is 3. The molecule has 0 N–H and O–H groups in total. The Kier molecular flexibility index (Phi) is 6.43. The molecule has 0 atom stereocenters. The summed E-state index contributed by atoms with van der Waals surface area (Å²) in [5.74, 6) is -0.0749. The van der Waals surface area contributed by atoms with Crippen molar-refractivity contribution >= 4 is 11.6 Å². The van der Waals surface area contributed by atoms with Gasteiger partial charge in [-0.2, -0.15) is 0 Å². The van der Waals surface area contributed by atoms with Gasteiger partial charge in [-0.05, 0) is 37.1 Å². The first-order valence-corrected chi connectivity index (χ1v) is 9.60. The van der Waals surface area contributed by atoms with Gasteiger partial charge < -0.3 is 9.80 Å². The van der Waals surface area contributed by atoms with Crippen molar-refractivity contribution in [2.45, 2.75) is 33.0 Å². The number of aromatic nitrogens is 1. The maximum absolute atomic E-state index is 12.9. The maximum atomic E-state index is 12.9. The van der Waals surface area contributed by atoms with Crippen molar-refractivity contribution in [3.05, 3.63) is 95.8 Å². The van der Waals surface area contributed by atoms with E-state index in [0.29, 0.717) is 18.3 Å². The van der Waals surface area contributed by atoms with Crippen molar-refractivity contribution in [2.24, 2.45) is 0 Å². The lowest BCUT2D eigenvalue weighted by molar-refractivity contribution is 0.0779. The van der Waals surface area contributed by atoms with Crippen LogP contribution >= 0.6 is 0 Å². The first-order valence-electron chi connectivity index (χ1n) is 9.60. The second-order valence-electron chi connectivity index (χ2n) is 7.25. The van der Waals surface area contributed by atoms with Gasteiger partial charge in [-0.1, -0.05) is 60.7 Å². The van der Waals surface area contributed by atoms with E-state index in [1.807, 2.05) is 67.7 Å². The third-order valence-corrected chi connectivity index (χ3v) is 4.72. The summed E-state index contributed by atoms with van der Waals surface area (Å²) in [6.07, 6.45) is 1.72. The zero-order chi connectivity index (χ0) is 19.9. The number of hydrogen-bond donors (Lipinski definition) is 0. The number of carbonyl (C=O) groups is 1. The predicted octanol–water partition coefficient (Wildman–Crippen LogP) is 4.77. The van der Waals surface area contributed by atoms with Crippen molar-refractivity contribution < 1.29 is 4.79 Å². The Morgan fingerprint density at radius 3 is 2.04 bits per heavy atom. The highest BCUT2D eigenvalue weighted by molar-refractivity contribution is 5.93. The van der Waals surface area contributed by atoms with Crippen LogP contribution in [0.1, 0.15) is 35.5 Å². The first kappa shape index (κ1) is 19.6. The van der Waals surface area contributed by atoms with Crippen molar-refractivity contribution in [3.63, 3.8) is 0 Å². The monoisotopic (exact) mass is 373 g/mol. The molecule has 3 aromatic rings. The van der Waals surface area contributed by atoms with Gasteiger partial charge in [0, 0.05) is 38.1 Å². The first-order chi connectivity index (χ1) is 13.5. The van der Waals surface area contributed by atoms with Gasteiger partial charge in [0.05, 0.1) is 0 Å². The number of anilines is 1.